The molecule has 0 aliphatic heterocycles. The van der Waals surface area contributed by atoms with Crippen molar-refractivity contribution in [3.8, 4) is 0 Å². The third-order valence-corrected chi connectivity index (χ3v) is 3.44. The van der Waals surface area contributed by atoms with Crippen molar-refractivity contribution in [2.24, 2.45) is 0 Å². The van der Waals surface area contributed by atoms with Crippen LogP contribution < -0.4 is 5.32 Å². The van der Waals surface area contributed by atoms with Crippen LogP contribution in [0.4, 0.5) is 5.13 Å². The second kappa shape index (κ2) is 4.38. The van der Waals surface area contributed by atoms with Crippen molar-refractivity contribution in [1.29, 1.82) is 0 Å². The molecule has 6 heteroatoms. The summed E-state index contributed by atoms with van der Waals surface area (Å²) in [6.07, 6.45) is 3.97. The van der Waals surface area contributed by atoms with Crippen LogP contribution in [0.1, 0.15) is 17.1 Å². The first-order chi connectivity index (χ1) is 8.72. The first kappa shape index (κ1) is 11.2. The fourth-order valence-electron chi connectivity index (χ4n) is 1.80. The molecule has 0 saturated heterocycles. The molecule has 92 valence electrons. The molecule has 0 aliphatic carbocycles. The van der Waals surface area contributed by atoms with Gasteiger partial charge < -0.3 is 9.72 Å². The normalized spacial score (nSPS) is 11.0. The number of aromatic nitrogens is 4. The first-order valence-corrected chi connectivity index (χ1v) is 6.46. The Hall–Kier alpha value is -1.95. The smallest absolute Gasteiger partial charge is 0.202 e. The van der Waals surface area contributed by atoms with E-state index < -0.39 is 0 Å². The molecule has 3 aromatic rings. The van der Waals surface area contributed by atoms with E-state index in [1.165, 1.54) is 17.1 Å². The van der Waals surface area contributed by atoms with E-state index in [2.05, 4.69) is 43.2 Å². The Bertz CT molecular complexity index is 685. The monoisotopic (exact) mass is 259 g/mol. The molecule has 5 nitrogen and oxygen atoms in total. The van der Waals surface area contributed by atoms with Crippen LogP contribution in [0.2, 0.25) is 0 Å². The second-order valence-corrected chi connectivity index (χ2v) is 4.94. The van der Waals surface area contributed by atoms with E-state index in [1.54, 1.807) is 0 Å². The van der Waals surface area contributed by atoms with Gasteiger partial charge in [0.05, 0.1) is 18.4 Å². The highest BCUT2D eigenvalue weighted by molar-refractivity contribution is 7.09. The van der Waals surface area contributed by atoms with Gasteiger partial charge >= 0.3 is 0 Å². The predicted octanol–water partition coefficient (Wildman–Crippen LogP) is 2.41. The van der Waals surface area contributed by atoms with Gasteiger partial charge in [0.1, 0.15) is 11.5 Å². The first-order valence-electron chi connectivity index (χ1n) is 5.69. The van der Waals surface area contributed by atoms with Gasteiger partial charge in [-0.05, 0) is 25.5 Å². The quantitative estimate of drug-likeness (QED) is 0.784. The van der Waals surface area contributed by atoms with Crippen LogP contribution in [0.5, 0.6) is 0 Å². The molecule has 0 saturated carbocycles. The number of hydrogen-bond acceptors (Lipinski definition) is 5. The van der Waals surface area contributed by atoms with Gasteiger partial charge in [0.15, 0.2) is 0 Å². The molecule has 3 rings (SSSR count). The Kier molecular flexibility index (Phi) is 2.71. The van der Waals surface area contributed by atoms with Crippen LogP contribution in [-0.2, 0) is 6.54 Å². The maximum Gasteiger partial charge on any atom is 0.202 e. The minimum atomic E-state index is 0.694. The van der Waals surface area contributed by atoms with Crippen molar-refractivity contribution in [2.75, 3.05) is 5.32 Å². The Morgan fingerprint density at radius 1 is 1.33 bits per heavy atom. The minimum Gasteiger partial charge on any atom is -0.355 e. The molecule has 0 fully saturated rings. The van der Waals surface area contributed by atoms with E-state index in [-0.39, 0.29) is 0 Å². The van der Waals surface area contributed by atoms with E-state index in [0.29, 0.717) is 6.54 Å². The zero-order valence-electron chi connectivity index (χ0n) is 10.2. The number of pyridine rings is 1. The van der Waals surface area contributed by atoms with Crippen LogP contribution in [0, 0.1) is 13.8 Å². The van der Waals surface area contributed by atoms with E-state index in [1.807, 2.05) is 19.2 Å². The molecular weight excluding hydrogens is 246 g/mol. The van der Waals surface area contributed by atoms with Crippen LogP contribution in [0.25, 0.3) is 5.65 Å². The molecular formula is C12H13N5S. The third kappa shape index (κ3) is 2.06. The van der Waals surface area contributed by atoms with Crippen LogP contribution >= 0.6 is 11.5 Å². The number of rotatable bonds is 3. The minimum absolute atomic E-state index is 0.694. The van der Waals surface area contributed by atoms with Crippen molar-refractivity contribution < 1.29 is 0 Å². The lowest BCUT2D eigenvalue weighted by Crippen LogP contribution is -2.02. The van der Waals surface area contributed by atoms with Crippen LogP contribution in [-0.4, -0.2) is 18.7 Å². The van der Waals surface area contributed by atoms with Gasteiger partial charge in [-0.15, -0.1) is 0 Å². The van der Waals surface area contributed by atoms with Gasteiger partial charge in [-0.3, -0.25) is 0 Å². The van der Waals surface area contributed by atoms with Gasteiger partial charge in [-0.25, -0.2) is 9.97 Å². The number of hydrogen-bond donors (Lipinski definition) is 1. The van der Waals surface area contributed by atoms with Crippen LogP contribution in [0.15, 0.2) is 24.5 Å². The molecule has 0 aromatic carbocycles. The van der Waals surface area contributed by atoms with Crippen LogP contribution in [0.3, 0.4) is 0 Å². The average molecular weight is 259 g/mol. The number of nitrogens with one attached hydrogen (secondary N) is 1. The molecule has 0 spiro atoms. The van der Waals surface area contributed by atoms with Crippen molar-refractivity contribution >= 4 is 22.3 Å². The summed E-state index contributed by atoms with van der Waals surface area (Å²) in [4.78, 5) is 8.64. The Morgan fingerprint density at radius 2 is 2.22 bits per heavy atom. The largest absolute Gasteiger partial charge is 0.355 e. The average Bonchev–Trinajstić information content (AvgIpc) is 2.93. The highest BCUT2D eigenvalue weighted by Gasteiger charge is 2.04. The summed E-state index contributed by atoms with van der Waals surface area (Å²) in [6.45, 7) is 4.66. The third-order valence-electron chi connectivity index (χ3n) is 2.68. The Balaban J connectivity index is 1.84. The number of anilines is 1. The molecule has 0 atom stereocenters. The summed E-state index contributed by atoms with van der Waals surface area (Å²) in [5, 5.41) is 4.11. The molecule has 0 amide bonds. The van der Waals surface area contributed by atoms with Gasteiger partial charge in [-0.2, -0.15) is 4.37 Å². The SMILES string of the molecule is Cc1ccc2ncc(CNc3nc(C)ns3)n2c1. The van der Waals surface area contributed by atoms with Crippen molar-refractivity contribution in [3.63, 3.8) is 0 Å². The Labute approximate surface area is 109 Å². The van der Waals surface area contributed by atoms with Crippen molar-refractivity contribution in [3.05, 3.63) is 41.6 Å². The summed E-state index contributed by atoms with van der Waals surface area (Å²) >= 11 is 1.38. The maximum atomic E-state index is 4.37. The number of imidazole rings is 1. The van der Waals surface area contributed by atoms with Crippen molar-refractivity contribution in [1.82, 2.24) is 18.7 Å². The molecule has 1 N–H and O–H groups in total. The van der Waals surface area contributed by atoms with Gasteiger partial charge in [-0.1, -0.05) is 6.07 Å². The zero-order chi connectivity index (χ0) is 12.5. The lowest BCUT2D eigenvalue weighted by atomic mass is 10.3. The summed E-state index contributed by atoms with van der Waals surface area (Å²) in [5.41, 5.74) is 3.29. The molecule has 0 unspecified atom stereocenters. The zero-order valence-corrected chi connectivity index (χ0v) is 11.0. The molecule has 18 heavy (non-hydrogen) atoms. The molecule has 3 heterocycles. The maximum absolute atomic E-state index is 4.37. The highest BCUT2D eigenvalue weighted by atomic mass is 32.1. The van der Waals surface area contributed by atoms with Gasteiger partial charge in [0, 0.05) is 17.7 Å². The van der Waals surface area contributed by atoms with Crippen molar-refractivity contribution in [2.45, 2.75) is 20.4 Å². The summed E-state index contributed by atoms with van der Waals surface area (Å²) in [6, 6.07) is 4.08. The standard InChI is InChI=1S/C12H13N5S/c1-8-3-4-11-13-5-10(17(11)7-8)6-14-12-15-9(2)16-18-12/h3-5,7H,6H2,1-2H3,(H,14,15,16). The molecule has 0 aliphatic rings. The summed E-state index contributed by atoms with van der Waals surface area (Å²) < 4.78 is 6.23. The molecule has 0 radical (unpaired) electrons. The molecule has 0 bridgehead atoms. The van der Waals surface area contributed by atoms with E-state index >= 15 is 0 Å². The fraction of sp³-hybridized carbons (Fsp3) is 0.250. The summed E-state index contributed by atoms with van der Waals surface area (Å²) in [7, 11) is 0. The van der Waals surface area contributed by atoms with E-state index in [4.69, 9.17) is 0 Å². The Morgan fingerprint density at radius 3 is 3.00 bits per heavy atom. The lowest BCUT2D eigenvalue weighted by molar-refractivity contribution is 0.990. The highest BCUT2D eigenvalue weighted by Crippen LogP contribution is 2.13. The van der Waals surface area contributed by atoms with Gasteiger partial charge in [0.2, 0.25) is 5.13 Å². The fourth-order valence-corrected chi connectivity index (χ4v) is 2.37. The van der Waals surface area contributed by atoms with E-state index in [9.17, 15) is 0 Å². The second-order valence-electron chi connectivity index (χ2n) is 4.18. The summed E-state index contributed by atoms with van der Waals surface area (Å²) in [5.74, 6) is 0.802. The van der Waals surface area contributed by atoms with Gasteiger partial charge in [0.25, 0.3) is 0 Å². The topological polar surface area (TPSA) is 55.1 Å². The number of aryl methyl sites for hydroxylation is 2. The molecule has 3 aromatic heterocycles. The predicted molar refractivity (Wildman–Crippen MR) is 71.9 cm³/mol. The van der Waals surface area contributed by atoms with E-state index in [0.717, 1.165) is 22.3 Å². The number of nitrogens with zero attached hydrogens (tertiary/aromatic N) is 4. The lowest BCUT2D eigenvalue weighted by Gasteiger charge is -2.03. The number of fused-ring (bicyclic) bond motifs is 1.